The van der Waals surface area contributed by atoms with E-state index in [0.29, 0.717) is 0 Å². The highest BCUT2D eigenvalue weighted by molar-refractivity contribution is 7.89. The Morgan fingerprint density at radius 3 is 2.38 bits per heavy atom. The molecule has 0 rings (SSSR count). The first-order valence-corrected chi connectivity index (χ1v) is 6.88. The summed E-state index contributed by atoms with van der Waals surface area (Å²) in [5.41, 5.74) is 0. The summed E-state index contributed by atoms with van der Waals surface area (Å²) in [5, 5.41) is 5.48. The van der Waals surface area contributed by atoms with Gasteiger partial charge in [-0.05, 0) is 13.0 Å². The fraction of sp³-hybridized carbons (Fsp3) is 0.889. The molecule has 0 unspecified atom stereocenters. The lowest BCUT2D eigenvalue weighted by Crippen LogP contribution is -2.38. The SMILES string of the molecule is CCCNCC(=O)NCCS(=O)(=O)N(C)C. The second-order valence-corrected chi connectivity index (χ2v) is 5.93. The van der Waals surface area contributed by atoms with Gasteiger partial charge in [0, 0.05) is 20.6 Å². The first-order valence-electron chi connectivity index (χ1n) is 5.27. The Balaban J connectivity index is 3.70. The highest BCUT2D eigenvalue weighted by atomic mass is 32.2. The summed E-state index contributed by atoms with van der Waals surface area (Å²) in [6.07, 6.45) is 0.961. The van der Waals surface area contributed by atoms with Crippen LogP contribution in [0.3, 0.4) is 0 Å². The Labute approximate surface area is 97.4 Å². The number of hydrogen-bond donors (Lipinski definition) is 2. The molecule has 0 aromatic heterocycles. The van der Waals surface area contributed by atoms with Crippen LogP contribution in [0.15, 0.2) is 0 Å². The van der Waals surface area contributed by atoms with Crippen molar-refractivity contribution in [3.05, 3.63) is 0 Å². The van der Waals surface area contributed by atoms with E-state index < -0.39 is 10.0 Å². The van der Waals surface area contributed by atoms with Crippen LogP contribution in [0, 0.1) is 0 Å². The van der Waals surface area contributed by atoms with Crippen LogP contribution in [-0.2, 0) is 14.8 Å². The van der Waals surface area contributed by atoms with Crippen LogP contribution >= 0.6 is 0 Å². The summed E-state index contributed by atoms with van der Waals surface area (Å²) in [4.78, 5) is 11.2. The van der Waals surface area contributed by atoms with Crippen molar-refractivity contribution >= 4 is 15.9 Å². The third-order valence-corrected chi connectivity index (χ3v) is 3.78. The summed E-state index contributed by atoms with van der Waals surface area (Å²) in [6.45, 7) is 3.17. The molecule has 1 amide bonds. The molecule has 6 nitrogen and oxygen atoms in total. The second kappa shape index (κ2) is 7.59. The molecular weight excluding hydrogens is 230 g/mol. The van der Waals surface area contributed by atoms with Crippen LogP contribution in [0.1, 0.15) is 13.3 Å². The van der Waals surface area contributed by atoms with E-state index in [4.69, 9.17) is 0 Å². The van der Waals surface area contributed by atoms with E-state index in [1.54, 1.807) is 0 Å². The topological polar surface area (TPSA) is 78.5 Å². The predicted molar refractivity (Wildman–Crippen MR) is 63.6 cm³/mol. The third-order valence-electron chi connectivity index (χ3n) is 1.95. The van der Waals surface area contributed by atoms with Crippen molar-refractivity contribution in [2.45, 2.75) is 13.3 Å². The van der Waals surface area contributed by atoms with E-state index >= 15 is 0 Å². The smallest absolute Gasteiger partial charge is 0.233 e. The minimum absolute atomic E-state index is 0.0699. The van der Waals surface area contributed by atoms with Crippen LogP contribution in [0.25, 0.3) is 0 Å². The summed E-state index contributed by atoms with van der Waals surface area (Å²) in [5.74, 6) is -0.248. The van der Waals surface area contributed by atoms with Gasteiger partial charge in [-0.2, -0.15) is 0 Å². The number of nitrogens with zero attached hydrogens (tertiary/aromatic N) is 1. The number of hydrogen-bond acceptors (Lipinski definition) is 4. The molecule has 0 atom stereocenters. The lowest BCUT2D eigenvalue weighted by Gasteiger charge is -2.11. The molecule has 96 valence electrons. The predicted octanol–water partition coefficient (Wildman–Crippen LogP) is -1.01. The monoisotopic (exact) mass is 251 g/mol. The van der Waals surface area contributed by atoms with Gasteiger partial charge in [0.15, 0.2) is 0 Å². The van der Waals surface area contributed by atoms with Gasteiger partial charge in [-0.3, -0.25) is 4.79 Å². The largest absolute Gasteiger partial charge is 0.354 e. The molecular formula is C9H21N3O3S. The summed E-state index contributed by atoms with van der Waals surface area (Å²) in [6, 6.07) is 0. The molecule has 0 radical (unpaired) electrons. The van der Waals surface area contributed by atoms with Gasteiger partial charge in [0.05, 0.1) is 12.3 Å². The highest BCUT2D eigenvalue weighted by Crippen LogP contribution is 1.91. The molecule has 0 fully saturated rings. The summed E-state index contributed by atoms with van der Waals surface area (Å²) >= 11 is 0. The molecule has 7 heteroatoms. The molecule has 2 N–H and O–H groups in total. The molecule has 0 aliphatic heterocycles. The van der Waals surface area contributed by atoms with Crippen molar-refractivity contribution < 1.29 is 13.2 Å². The number of rotatable bonds is 8. The number of carbonyl (C=O) groups excluding carboxylic acids is 1. The Hall–Kier alpha value is -0.660. The van der Waals surface area contributed by atoms with Gasteiger partial charge in [0.2, 0.25) is 15.9 Å². The van der Waals surface area contributed by atoms with Gasteiger partial charge >= 0.3 is 0 Å². The Bertz CT molecular complexity index is 301. The van der Waals surface area contributed by atoms with Crippen LogP contribution in [0.4, 0.5) is 0 Å². The zero-order chi connectivity index (χ0) is 12.6. The van der Waals surface area contributed by atoms with Gasteiger partial charge in [-0.25, -0.2) is 12.7 Å². The van der Waals surface area contributed by atoms with E-state index in [9.17, 15) is 13.2 Å². The van der Waals surface area contributed by atoms with Crippen LogP contribution in [0.2, 0.25) is 0 Å². The quantitative estimate of drug-likeness (QED) is 0.542. The summed E-state index contributed by atoms with van der Waals surface area (Å²) in [7, 11) is -0.276. The van der Waals surface area contributed by atoms with Crippen molar-refractivity contribution in [2.24, 2.45) is 0 Å². The van der Waals surface area contributed by atoms with Gasteiger partial charge in [-0.15, -0.1) is 0 Å². The van der Waals surface area contributed by atoms with E-state index in [0.717, 1.165) is 17.3 Å². The third kappa shape index (κ3) is 6.76. The van der Waals surface area contributed by atoms with Gasteiger partial charge in [0.25, 0.3) is 0 Å². The van der Waals surface area contributed by atoms with E-state index in [1.807, 2.05) is 6.92 Å². The fourth-order valence-corrected chi connectivity index (χ4v) is 1.67. The van der Waals surface area contributed by atoms with Crippen molar-refractivity contribution in [2.75, 3.05) is 39.5 Å². The van der Waals surface area contributed by atoms with Crippen molar-refractivity contribution in [1.82, 2.24) is 14.9 Å². The van der Waals surface area contributed by atoms with Crippen molar-refractivity contribution in [3.63, 3.8) is 0 Å². The van der Waals surface area contributed by atoms with Gasteiger partial charge in [-0.1, -0.05) is 6.92 Å². The molecule has 0 saturated heterocycles. The number of amides is 1. The fourth-order valence-electron chi connectivity index (χ4n) is 0.943. The highest BCUT2D eigenvalue weighted by Gasteiger charge is 2.13. The first-order chi connectivity index (χ1) is 7.40. The molecule has 0 spiro atoms. The molecule has 16 heavy (non-hydrogen) atoms. The summed E-state index contributed by atoms with van der Waals surface area (Å²) < 4.78 is 23.8. The van der Waals surface area contributed by atoms with Crippen molar-refractivity contribution in [3.8, 4) is 0 Å². The minimum atomic E-state index is -3.22. The molecule has 0 saturated carbocycles. The maximum absolute atomic E-state index is 11.3. The van der Waals surface area contributed by atoms with Crippen LogP contribution < -0.4 is 10.6 Å². The Morgan fingerprint density at radius 2 is 1.88 bits per heavy atom. The average Bonchev–Trinajstić information content (AvgIpc) is 2.17. The number of sulfonamides is 1. The lowest BCUT2D eigenvalue weighted by atomic mass is 10.4. The normalized spacial score (nSPS) is 11.8. The molecule has 0 aliphatic carbocycles. The average molecular weight is 251 g/mol. The van der Waals surface area contributed by atoms with Gasteiger partial charge < -0.3 is 10.6 Å². The zero-order valence-corrected chi connectivity index (χ0v) is 10.9. The Kier molecular flexibility index (Phi) is 7.27. The molecule has 0 aliphatic rings. The first kappa shape index (κ1) is 15.3. The van der Waals surface area contributed by atoms with Crippen LogP contribution in [0.5, 0.6) is 0 Å². The van der Waals surface area contributed by atoms with Crippen molar-refractivity contribution in [1.29, 1.82) is 0 Å². The second-order valence-electron chi connectivity index (χ2n) is 3.63. The Morgan fingerprint density at radius 1 is 1.25 bits per heavy atom. The van der Waals surface area contributed by atoms with E-state index in [-0.39, 0.29) is 24.7 Å². The molecule has 0 bridgehead atoms. The number of nitrogens with one attached hydrogen (secondary N) is 2. The molecule has 0 aromatic carbocycles. The maximum Gasteiger partial charge on any atom is 0.233 e. The van der Waals surface area contributed by atoms with E-state index in [2.05, 4.69) is 10.6 Å². The number of carbonyl (C=O) groups is 1. The molecule has 0 heterocycles. The maximum atomic E-state index is 11.3. The lowest BCUT2D eigenvalue weighted by molar-refractivity contribution is -0.120. The molecule has 0 aromatic rings. The minimum Gasteiger partial charge on any atom is -0.354 e. The van der Waals surface area contributed by atoms with Crippen LogP contribution in [-0.4, -0.2) is 58.1 Å². The zero-order valence-electron chi connectivity index (χ0n) is 10.1. The van der Waals surface area contributed by atoms with E-state index in [1.165, 1.54) is 14.1 Å². The standard InChI is InChI=1S/C9H21N3O3S/c1-4-5-10-8-9(13)11-6-7-16(14,15)12(2)3/h10H,4-8H2,1-3H3,(H,11,13). The van der Waals surface area contributed by atoms with Gasteiger partial charge in [0.1, 0.15) is 0 Å².